The van der Waals surface area contributed by atoms with E-state index in [1.165, 1.54) is 25.7 Å². The Kier molecular flexibility index (Phi) is 1.48. The van der Waals surface area contributed by atoms with E-state index in [0.29, 0.717) is 11.8 Å². The fourth-order valence-electron chi connectivity index (χ4n) is 2.72. The quantitative estimate of drug-likeness (QED) is 0.544. The number of aliphatic hydroxyl groups excluding tert-OH is 1. The van der Waals surface area contributed by atoms with Crippen molar-refractivity contribution in [1.82, 2.24) is 0 Å². The minimum atomic E-state index is 0.0347. The molecule has 58 valence electrons. The average molecular weight is 140 g/mol. The molecule has 0 radical (unpaired) electrons. The maximum absolute atomic E-state index is 9.67. The molecule has 0 spiro atoms. The first-order valence-corrected chi connectivity index (χ1v) is 4.47. The van der Waals surface area contributed by atoms with Crippen LogP contribution in [0.5, 0.6) is 0 Å². The Morgan fingerprint density at radius 1 is 1.00 bits per heavy atom. The summed E-state index contributed by atoms with van der Waals surface area (Å²) in [7, 11) is 0. The van der Waals surface area contributed by atoms with Crippen LogP contribution < -0.4 is 0 Å². The van der Waals surface area contributed by atoms with Gasteiger partial charge < -0.3 is 5.11 Å². The molecular formula is C9H16O. The summed E-state index contributed by atoms with van der Waals surface area (Å²) < 4.78 is 0. The molecule has 2 bridgehead atoms. The summed E-state index contributed by atoms with van der Waals surface area (Å²) in [4.78, 5) is 0. The first-order chi connectivity index (χ1) is 4.79. The number of rotatable bonds is 0. The summed E-state index contributed by atoms with van der Waals surface area (Å²) in [5.41, 5.74) is 0. The van der Waals surface area contributed by atoms with Crippen molar-refractivity contribution >= 4 is 0 Å². The number of fused-ring (bicyclic) bond motifs is 3. The highest BCUT2D eigenvalue weighted by atomic mass is 16.3. The summed E-state index contributed by atoms with van der Waals surface area (Å²) in [6.45, 7) is 2.21. The maximum atomic E-state index is 9.67. The van der Waals surface area contributed by atoms with Gasteiger partial charge in [0.2, 0.25) is 0 Å². The molecule has 0 aliphatic heterocycles. The molecule has 1 heteroatoms. The fourth-order valence-corrected chi connectivity index (χ4v) is 2.72. The van der Waals surface area contributed by atoms with Crippen molar-refractivity contribution in [3.63, 3.8) is 0 Å². The van der Waals surface area contributed by atoms with Gasteiger partial charge in [-0.05, 0) is 43.4 Å². The van der Waals surface area contributed by atoms with Crippen molar-refractivity contribution in [3.05, 3.63) is 0 Å². The largest absolute Gasteiger partial charge is 0.393 e. The third-order valence-electron chi connectivity index (χ3n) is 3.58. The molecule has 3 saturated carbocycles. The molecule has 3 aliphatic rings. The molecule has 0 unspecified atom stereocenters. The van der Waals surface area contributed by atoms with Crippen LogP contribution >= 0.6 is 0 Å². The number of aliphatic hydroxyl groups is 1. The highest BCUT2D eigenvalue weighted by molar-refractivity contribution is 4.90. The second-order valence-electron chi connectivity index (χ2n) is 4.02. The minimum absolute atomic E-state index is 0.0347. The zero-order chi connectivity index (χ0) is 7.14. The third kappa shape index (κ3) is 0.800. The van der Waals surface area contributed by atoms with Crippen molar-refractivity contribution in [2.24, 2.45) is 17.8 Å². The van der Waals surface area contributed by atoms with Crippen LogP contribution in [-0.4, -0.2) is 11.2 Å². The first-order valence-electron chi connectivity index (χ1n) is 4.47. The molecule has 0 amide bonds. The van der Waals surface area contributed by atoms with Gasteiger partial charge in [0.15, 0.2) is 0 Å². The summed E-state index contributed by atoms with van der Waals surface area (Å²) in [5, 5.41) is 9.67. The van der Waals surface area contributed by atoms with E-state index >= 15 is 0 Å². The van der Waals surface area contributed by atoms with Crippen LogP contribution in [-0.2, 0) is 0 Å². The van der Waals surface area contributed by atoms with Gasteiger partial charge in [0.1, 0.15) is 0 Å². The van der Waals surface area contributed by atoms with Crippen LogP contribution in [0.1, 0.15) is 32.6 Å². The van der Waals surface area contributed by atoms with Crippen molar-refractivity contribution in [2.45, 2.75) is 38.7 Å². The minimum Gasteiger partial charge on any atom is -0.393 e. The fraction of sp³-hybridized carbons (Fsp3) is 1.00. The molecule has 0 aromatic carbocycles. The average Bonchev–Trinajstić information content (AvgIpc) is 2.00. The Balaban J connectivity index is 2.13. The van der Waals surface area contributed by atoms with Crippen LogP contribution in [0.3, 0.4) is 0 Å². The van der Waals surface area contributed by atoms with Gasteiger partial charge in [-0.25, -0.2) is 0 Å². The van der Waals surface area contributed by atoms with E-state index in [9.17, 15) is 5.11 Å². The third-order valence-corrected chi connectivity index (χ3v) is 3.58. The predicted molar refractivity (Wildman–Crippen MR) is 40.6 cm³/mol. The summed E-state index contributed by atoms with van der Waals surface area (Å²) in [6.07, 6.45) is 5.37. The van der Waals surface area contributed by atoms with Crippen LogP contribution in [0.15, 0.2) is 0 Å². The molecule has 10 heavy (non-hydrogen) atoms. The Labute approximate surface area is 62.4 Å². The van der Waals surface area contributed by atoms with Gasteiger partial charge in [0.25, 0.3) is 0 Å². The molecular weight excluding hydrogens is 124 g/mol. The molecule has 2 atom stereocenters. The van der Waals surface area contributed by atoms with Crippen LogP contribution in [0.25, 0.3) is 0 Å². The lowest BCUT2D eigenvalue weighted by molar-refractivity contribution is -0.0471. The van der Waals surface area contributed by atoms with E-state index < -0.39 is 0 Å². The Hall–Kier alpha value is -0.0400. The van der Waals surface area contributed by atoms with Crippen molar-refractivity contribution in [3.8, 4) is 0 Å². The Morgan fingerprint density at radius 2 is 1.50 bits per heavy atom. The number of hydrogen-bond acceptors (Lipinski definition) is 1. The topological polar surface area (TPSA) is 20.2 Å². The van der Waals surface area contributed by atoms with Crippen molar-refractivity contribution in [1.29, 1.82) is 0 Å². The normalized spacial score (nSPS) is 53.4. The molecule has 0 aromatic heterocycles. The second-order valence-corrected chi connectivity index (χ2v) is 4.02. The molecule has 3 aliphatic carbocycles. The van der Waals surface area contributed by atoms with Gasteiger partial charge in [-0.3, -0.25) is 0 Å². The van der Waals surface area contributed by atoms with E-state index in [1.54, 1.807) is 0 Å². The van der Waals surface area contributed by atoms with E-state index in [1.807, 2.05) is 0 Å². The molecule has 1 nitrogen and oxygen atoms in total. The lowest BCUT2D eigenvalue weighted by atomic mass is 9.64. The van der Waals surface area contributed by atoms with Crippen molar-refractivity contribution < 1.29 is 5.11 Å². The van der Waals surface area contributed by atoms with Crippen LogP contribution in [0.2, 0.25) is 0 Å². The Morgan fingerprint density at radius 3 is 1.80 bits per heavy atom. The lowest BCUT2D eigenvalue weighted by Gasteiger charge is -2.44. The molecule has 1 N–H and O–H groups in total. The Bertz CT molecular complexity index is 105. The molecule has 0 saturated heterocycles. The zero-order valence-electron chi connectivity index (χ0n) is 6.59. The van der Waals surface area contributed by atoms with E-state index in [2.05, 4.69) is 6.92 Å². The van der Waals surface area contributed by atoms with Crippen LogP contribution in [0.4, 0.5) is 0 Å². The summed E-state index contributed by atoms with van der Waals surface area (Å²) in [6, 6.07) is 0. The van der Waals surface area contributed by atoms with Gasteiger partial charge in [-0.15, -0.1) is 0 Å². The molecule has 0 heterocycles. The smallest absolute Gasteiger partial charge is 0.0596 e. The molecule has 0 aromatic rings. The zero-order valence-corrected chi connectivity index (χ0v) is 6.59. The van der Waals surface area contributed by atoms with E-state index in [4.69, 9.17) is 0 Å². The molecule has 3 fully saturated rings. The van der Waals surface area contributed by atoms with Gasteiger partial charge in [-0.1, -0.05) is 6.92 Å². The van der Waals surface area contributed by atoms with Crippen molar-refractivity contribution in [2.75, 3.05) is 0 Å². The highest BCUT2D eigenvalue weighted by Crippen LogP contribution is 2.44. The lowest BCUT2D eigenvalue weighted by Crippen LogP contribution is -2.42. The predicted octanol–water partition coefficient (Wildman–Crippen LogP) is 1.80. The van der Waals surface area contributed by atoms with Gasteiger partial charge in [0, 0.05) is 0 Å². The van der Waals surface area contributed by atoms with E-state index in [0.717, 1.165) is 5.92 Å². The SMILES string of the molecule is C[C@H]1C2CCC(CC2)[C@H]1O. The second kappa shape index (κ2) is 2.23. The monoisotopic (exact) mass is 140 g/mol. The standard InChI is InChI=1S/C9H16O/c1-6-7-2-4-8(5-3-7)9(6)10/h6-10H,2-5H2,1H3/t6-,7?,8?,9-/m0/s1. The van der Waals surface area contributed by atoms with E-state index in [-0.39, 0.29) is 6.10 Å². The summed E-state index contributed by atoms with van der Waals surface area (Å²) in [5.74, 6) is 2.09. The van der Waals surface area contributed by atoms with Gasteiger partial charge >= 0.3 is 0 Å². The number of hydrogen-bond donors (Lipinski definition) is 1. The summed E-state index contributed by atoms with van der Waals surface area (Å²) >= 11 is 0. The first kappa shape index (κ1) is 6.66. The highest BCUT2D eigenvalue weighted by Gasteiger charge is 2.39. The maximum Gasteiger partial charge on any atom is 0.0596 e. The van der Waals surface area contributed by atoms with Crippen LogP contribution in [0, 0.1) is 17.8 Å². The molecule has 3 rings (SSSR count). The van der Waals surface area contributed by atoms with Gasteiger partial charge in [0.05, 0.1) is 6.10 Å². The van der Waals surface area contributed by atoms with Gasteiger partial charge in [-0.2, -0.15) is 0 Å².